The molecule has 0 aliphatic carbocycles. The lowest BCUT2D eigenvalue weighted by Crippen LogP contribution is -2.27. The summed E-state index contributed by atoms with van der Waals surface area (Å²) in [6.07, 6.45) is 3.15. The van der Waals surface area contributed by atoms with Crippen LogP contribution < -0.4 is 5.32 Å². The molecule has 22 heavy (non-hydrogen) atoms. The van der Waals surface area contributed by atoms with Crippen molar-refractivity contribution < 1.29 is 4.79 Å². The van der Waals surface area contributed by atoms with E-state index in [1.807, 2.05) is 13.0 Å². The highest BCUT2D eigenvalue weighted by Crippen LogP contribution is 2.20. The third kappa shape index (κ3) is 3.13. The van der Waals surface area contributed by atoms with E-state index < -0.39 is 0 Å². The molecule has 1 unspecified atom stereocenters. The second kappa shape index (κ2) is 6.06. The van der Waals surface area contributed by atoms with Crippen LogP contribution in [0.3, 0.4) is 0 Å². The maximum atomic E-state index is 12.2. The van der Waals surface area contributed by atoms with Crippen molar-refractivity contribution in [2.75, 3.05) is 0 Å². The smallest absolute Gasteiger partial charge is 0.253 e. The lowest BCUT2D eigenvalue weighted by atomic mass is 10.2. The Morgan fingerprint density at radius 2 is 2.18 bits per heavy atom. The molecule has 0 spiro atoms. The quantitative estimate of drug-likeness (QED) is 0.726. The molecular formula is C15H12BrClN4O. The van der Waals surface area contributed by atoms with Gasteiger partial charge in [0.2, 0.25) is 0 Å². The van der Waals surface area contributed by atoms with E-state index in [1.54, 1.807) is 24.4 Å². The predicted octanol–water partition coefficient (Wildman–Crippen LogP) is 3.86. The van der Waals surface area contributed by atoms with Gasteiger partial charge in [0.25, 0.3) is 5.91 Å². The summed E-state index contributed by atoms with van der Waals surface area (Å²) in [4.78, 5) is 23.8. The van der Waals surface area contributed by atoms with Gasteiger partial charge in [-0.05, 0) is 47.1 Å². The molecule has 112 valence electrons. The zero-order valence-corrected chi connectivity index (χ0v) is 13.9. The van der Waals surface area contributed by atoms with Crippen molar-refractivity contribution in [2.24, 2.45) is 0 Å². The number of nitrogens with one attached hydrogen (secondary N) is 2. The number of carbonyl (C=O) groups is 1. The lowest BCUT2D eigenvalue weighted by Gasteiger charge is -2.11. The third-order valence-corrected chi connectivity index (χ3v) is 3.86. The Kier molecular flexibility index (Phi) is 4.13. The SMILES string of the molecule is CC(NC(=O)c1cncc(Br)c1)c1nc2ccc(Cl)cc2[nH]1. The number of hydrogen-bond donors (Lipinski definition) is 2. The van der Waals surface area contributed by atoms with Crippen molar-refractivity contribution >= 4 is 44.5 Å². The number of benzene rings is 1. The second-order valence-corrected chi connectivity index (χ2v) is 6.22. The summed E-state index contributed by atoms with van der Waals surface area (Å²) in [5, 5.41) is 3.53. The van der Waals surface area contributed by atoms with Crippen molar-refractivity contribution in [3.8, 4) is 0 Å². The number of rotatable bonds is 3. The Balaban J connectivity index is 1.80. The number of H-pyrrole nitrogens is 1. The van der Waals surface area contributed by atoms with Gasteiger partial charge < -0.3 is 10.3 Å². The van der Waals surface area contributed by atoms with Crippen molar-refractivity contribution in [3.05, 3.63) is 57.5 Å². The van der Waals surface area contributed by atoms with Crippen LogP contribution in [0.4, 0.5) is 0 Å². The summed E-state index contributed by atoms with van der Waals surface area (Å²) < 4.78 is 0.756. The average Bonchev–Trinajstić information content (AvgIpc) is 2.90. The molecule has 0 aliphatic heterocycles. The molecule has 5 nitrogen and oxygen atoms in total. The van der Waals surface area contributed by atoms with Gasteiger partial charge in [-0.2, -0.15) is 0 Å². The zero-order valence-electron chi connectivity index (χ0n) is 11.6. The number of aromatic nitrogens is 3. The Morgan fingerprint density at radius 1 is 1.36 bits per heavy atom. The maximum Gasteiger partial charge on any atom is 0.253 e. The molecule has 3 aromatic rings. The second-order valence-electron chi connectivity index (χ2n) is 4.87. The van der Waals surface area contributed by atoms with E-state index in [0.717, 1.165) is 15.5 Å². The van der Waals surface area contributed by atoms with Crippen LogP contribution in [0.25, 0.3) is 11.0 Å². The normalized spacial score (nSPS) is 12.3. The van der Waals surface area contributed by atoms with E-state index in [0.29, 0.717) is 16.4 Å². The molecule has 1 amide bonds. The minimum atomic E-state index is -0.266. The van der Waals surface area contributed by atoms with Crippen LogP contribution in [0.1, 0.15) is 29.1 Å². The van der Waals surface area contributed by atoms with Crippen LogP contribution >= 0.6 is 27.5 Å². The van der Waals surface area contributed by atoms with E-state index in [1.165, 1.54) is 6.20 Å². The van der Waals surface area contributed by atoms with Gasteiger partial charge in [0, 0.05) is 21.9 Å². The first-order chi connectivity index (χ1) is 10.5. The molecule has 2 N–H and O–H groups in total. The van der Waals surface area contributed by atoms with Gasteiger partial charge >= 0.3 is 0 Å². The number of hydrogen-bond acceptors (Lipinski definition) is 3. The molecule has 0 bridgehead atoms. The minimum absolute atomic E-state index is 0.209. The minimum Gasteiger partial charge on any atom is -0.342 e. The molecule has 1 aromatic carbocycles. The van der Waals surface area contributed by atoms with E-state index in [-0.39, 0.29) is 11.9 Å². The van der Waals surface area contributed by atoms with Gasteiger partial charge in [-0.25, -0.2) is 4.98 Å². The molecule has 0 saturated carbocycles. The van der Waals surface area contributed by atoms with Gasteiger partial charge in [-0.15, -0.1) is 0 Å². The number of nitrogens with zero attached hydrogens (tertiary/aromatic N) is 2. The van der Waals surface area contributed by atoms with Gasteiger partial charge in [0.1, 0.15) is 5.82 Å². The number of amides is 1. The maximum absolute atomic E-state index is 12.2. The van der Waals surface area contributed by atoms with E-state index >= 15 is 0 Å². The zero-order chi connectivity index (χ0) is 15.7. The van der Waals surface area contributed by atoms with Crippen molar-refractivity contribution in [1.29, 1.82) is 0 Å². The highest BCUT2D eigenvalue weighted by molar-refractivity contribution is 9.10. The Labute approximate surface area is 140 Å². The number of imidazole rings is 1. The van der Waals surface area contributed by atoms with Gasteiger partial charge in [0.15, 0.2) is 0 Å². The average molecular weight is 380 g/mol. The summed E-state index contributed by atoms with van der Waals surface area (Å²) in [7, 11) is 0. The fourth-order valence-electron chi connectivity index (χ4n) is 2.09. The first-order valence-corrected chi connectivity index (χ1v) is 7.76. The van der Waals surface area contributed by atoms with Gasteiger partial charge in [0.05, 0.1) is 22.6 Å². The van der Waals surface area contributed by atoms with Crippen LogP contribution in [-0.2, 0) is 0 Å². The Hall–Kier alpha value is -1.92. The molecule has 0 aliphatic rings. The van der Waals surface area contributed by atoms with Crippen LogP contribution in [0, 0.1) is 0 Å². The number of halogens is 2. The van der Waals surface area contributed by atoms with Crippen LogP contribution in [-0.4, -0.2) is 20.9 Å². The highest BCUT2D eigenvalue weighted by atomic mass is 79.9. The van der Waals surface area contributed by atoms with E-state index in [2.05, 4.69) is 36.2 Å². The number of carbonyl (C=O) groups excluding carboxylic acids is 1. The first kappa shape index (κ1) is 15.0. The fourth-order valence-corrected chi connectivity index (χ4v) is 2.63. The van der Waals surface area contributed by atoms with Crippen LogP contribution in [0.5, 0.6) is 0 Å². The largest absolute Gasteiger partial charge is 0.342 e. The van der Waals surface area contributed by atoms with Crippen LogP contribution in [0.2, 0.25) is 5.02 Å². The van der Waals surface area contributed by atoms with Crippen LogP contribution in [0.15, 0.2) is 41.1 Å². The summed E-state index contributed by atoms with van der Waals surface area (Å²) >= 11 is 9.26. The highest BCUT2D eigenvalue weighted by Gasteiger charge is 2.15. The van der Waals surface area contributed by atoms with E-state index in [9.17, 15) is 4.79 Å². The molecule has 0 radical (unpaired) electrons. The first-order valence-electron chi connectivity index (χ1n) is 6.59. The monoisotopic (exact) mass is 378 g/mol. The predicted molar refractivity (Wildman–Crippen MR) is 88.9 cm³/mol. The summed E-state index contributed by atoms with van der Waals surface area (Å²) in [6.45, 7) is 1.86. The van der Waals surface area contributed by atoms with E-state index in [4.69, 9.17) is 11.6 Å². The number of pyridine rings is 1. The Morgan fingerprint density at radius 3 is 2.95 bits per heavy atom. The molecule has 0 saturated heterocycles. The van der Waals surface area contributed by atoms with Crippen molar-refractivity contribution in [3.63, 3.8) is 0 Å². The Bertz CT molecular complexity index is 848. The molecule has 1 atom stereocenters. The summed E-state index contributed by atoms with van der Waals surface area (Å²) in [6, 6.07) is 6.88. The number of fused-ring (bicyclic) bond motifs is 1. The third-order valence-electron chi connectivity index (χ3n) is 3.19. The topological polar surface area (TPSA) is 70.7 Å². The van der Waals surface area contributed by atoms with Gasteiger partial charge in [-0.1, -0.05) is 11.6 Å². The van der Waals surface area contributed by atoms with Gasteiger partial charge in [-0.3, -0.25) is 9.78 Å². The number of aromatic amines is 1. The lowest BCUT2D eigenvalue weighted by molar-refractivity contribution is 0.0938. The molecule has 2 heterocycles. The molecule has 3 rings (SSSR count). The molecule has 7 heteroatoms. The van der Waals surface area contributed by atoms with Crippen molar-refractivity contribution in [2.45, 2.75) is 13.0 Å². The molecule has 2 aromatic heterocycles. The summed E-state index contributed by atoms with van der Waals surface area (Å²) in [5.41, 5.74) is 2.14. The van der Waals surface area contributed by atoms with Crippen molar-refractivity contribution in [1.82, 2.24) is 20.3 Å². The fraction of sp³-hybridized carbons (Fsp3) is 0.133. The summed E-state index contributed by atoms with van der Waals surface area (Å²) in [5.74, 6) is 0.466. The standard InChI is InChI=1S/C15H12BrClN4O/c1-8(19-15(22)9-4-10(16)7-18-6-9)14-20-12-3-2-11(17)5-13(12)21-14/h2-8H,1H3,(H,19,22)(H,20,21). The molecular weight excluding hydrogens is 368 g/mol. The molecule has 0 fully saturated rings.